The summed E-state index contributed by atoms with van der Waals surface area (Å²) in [6, 6.07) is 5.95. The molecular formula is C16H20BrNO. The minimum absolute atomic E-state index is 0.245. The van der Waals surface area contributed by atoms with Crippen LogP contribution in [-0.4, -0.2) is 10.8 Å². The number of aromatic nitrogens is 1. The van der Waals surface area contributed by atoms with Crippen molar-refractivity contribution in [1.29, 1.82) is 0 Å². The van der Waals surface area contributed by atoms with Crippen molar-refractivity contribution in [2.45, 2.75) is 45.4 Å². The minimum Gasteiger partial charge on any atom is -0.360 e. The van der Waals surface area contributed by atoms with Gasteiger partial charge in [-0.15, -0.1) is 0 Å². The highest BCUT2D eigenvalue weighted by Gasteiger charge is 2.13. The average Bonchev–Trinajstić information content (AvgIpc) is 2.84. The van der Waals surface area contributed by atoms with E-state index in [1.807, 2.05) is 24.4 Å². The van der Waals surface area contributed by atoms with E-state index < -0.39 is 0 Å². The van der Waals surface area contributed by atoms with Gasteiger partial charge in [-0.25, -0.2) is 0 Å². The van der Waals surface area contributed by atoms with Crippen LogP contribution in [0.25, 0.3) is 10.9 Å². The number of carbonyl (C=O) groups excluding carboxylic acids is 1. The molecule has 0 aliphatic rings. The van der Waals surface area contributed by atoms with Gasteiger partial charge in [0.05, 0.1) is 0 Å². The van der Waals surface area contributed by atoms with E-state index in [0.717, 1.165) is 33.8 Å². The molecular weight excluding hydrogens is 302 g/mol. The molecule has 0 saturated carbocycles. The van der Waals surface area contributed by atoms with Crippen LogP contribution in [0.1, 0.15) is 55.8 Å². The number of rotatable bonds is 7. The second-order valence-electron chi connectivity index (χ2n) is 4.95. The molecule has 0 spiro atoms. The molecule has 2 nitrogen and oxygen atoms in total. The Hall–Kier alpha value is -1.09. The molecule has 19 heavy (non-hydrogen) atoms. The number of aromatic amines is 1. The van der Waals surface area contributed by atoms with Crippen LogP contribution in [-0.2, 0) is 0 Å². The van der Waals surface area contributed by atoms with E-state index in [1.54, 1.807) is 0 Å². The largest absolute Gasteiger partial charge is 0.360 e. The first-order valence-corrected chi connectivity index (χ1v) is 7.82. The highest BCUT2D eigenvalue weighted by atomic mass is 79.9. The summed E-state index contributed by atoms with van der Waals surface area (Å²) in [5, 5.41) is 1.01. The highest BCUT2D eigenvalue weighted by Crippen LogP contribution is 2.28. The molecule has 0 unspecified atom stereocenters. The molecule has 0 saturated heterocycles. The summed E-state index contributed by atoms with van der Waals surface area (Å²) in [6.07, 6.45) is 8.39. The monoisotopic (exact) mass is 321 g/mol. The van der Waals surface area contributed by atoms with Gasteiger partial charge < -0.3 is 4.98 Å². The number of unbranched alkanes of at least 4 members (excludes halogenated alkanes) is 4. The summed E-state index contributed by atoms with van der Waals surface area (Å²) in [5.41, 5.74) is 1.83. The van der Waals surface area contributed by atoms with E-state index in [9.17, 15) is 4.79 Å². The molecule has 0 bridgehead atoms. The zero-order chi connectivity index (χ0) is 13.7. The quantitative estimate of drug-likeness (QED) is 0.532. The summed E-state index contributed by atoms with van der Waals surface area (Å²) in [4.78, 5) is 15.4. The number of hydrogen-bond acceptors (Lipinski definition) is 1. The van der Waals surface area contributed by atoms with Gasteiger partial charge in [0.25, 0.3) is 0 Å². The van der Waals surface area contributed by atoms with Crippen molar-refractivity contribution in [2.75, 3.05) is 0 Å². The summed E-state index contributed by atoms with van der Waals surface area (Å²) in [6.45, 7) is 2.20. The fraction of sp³-hybridized carbons (Fsp3) is 0.438. The van der Waals surface area contributed by atoms with E-state index >= 15 is 0 Å². The summed E-state index contributed by atoms with van der Waals surface area (Å²) in [7, 11) is 0. The Morgan fingerprint density at radius 3 is 2.79 bits per heavy atom. The third-order valence-corrected chi connectivity index (χ3v) is 4.12. The Morgan fingerprint density at radius 1 is 1.21 bits per heavy atom. The third kappa shape index (κ3) is 3.47. The van der Waals surface area contributed by atoms with Crippen molar-refractivity contribution < 1.29 is 4.79 Å². The zero-order valence-corrected chi connectivity index (χ0v) is 12.9. The number of nitrogens with one attached hydrogen (secondary N) is 1. The van der Waals surface area contributed by atoms with Gasteiger partial charge in [0.15, 0.2) is 5.78 Å². The second kappa shape index (κ2) is 6.90. The Bertz CT molecular complexity index is 559. The van der Waals surface area contributed by atoms with Crippen LogP contribution in [0.4, 0.5) is 0 Å². The standard InChI is InChI=1S/C16H20BrNO/c1-2-3-4-5-6-10-15(19)12-11-18-14-9-7-8-13(17)16(12)14/h7-9,11,18H,2-6,10H2,1H3. The molecule has 102 valence electrons. The molecule has 2 aromatic rings. The molecule has 0 fully saturated rings. The number of carbonyl (C=O) groups is 1. The van der Waals surface area contributed by atoms with E-state index in [-0.39, 0.29) is 5.78 Å². The number of fused-ring (bicyclic) bond motifs is 1. The molecule has 2 rings (SSSR count). The Kier molecular flexibility index (Phi) is 5.20. The van der Waals surface area contributed by atoms with E-state index in [4.69, 9.17) is 0 Å². The molecule has 0 atom stereocenters. The maximum atomic E-state index is 12.3. The molecule has 1 N–H and O–H groups in total. The number of halogens is 1. The van der Waals surface area contributed by atoms with Crippen molar-refractivity contribution in [2.24, 2.45) is 0 Å². The fourth-order valence-electron chi connectivity index (χ4n) is 2.38. The number of hydrogen-bond donors (Lipinski definition) is 1. The maximum Gasteiger partial charge on any atom is 0.165 e. The molecule has 3 heteroatoms. The first kappa shape index (κ1) is 14.3. The molecule has 0 aliphatic heterocycles. The lowest BCUT2D eigenvalue weighted by atomic mass is 10.0. The highest BCUT2D eigenvalue weighted by molar-refractivity contribution is 9.10. The average molecular weight is 322 g/mol. The molecule has 0 radical (unpaired) electrons. The van der Waals surface area contributed by atoms with Gasteiger partial charge >= 0.3 is 0 Å². The van der Waals surface area contributed by atoms with Crippen LogP contribution in [0.5, 0.6) is 0 Å². The van der Waals surface area contributed by atoms with Gasteiger partial charge in [-0.2, -0.15) is 0 Å². The number of benzene rings is 1. The van der Waals surface area contributed by atoms with Crippen LogP contribution in [0, 0.1) is 0 Å². The fourth-order valence-corrected chi connectivity index (χ4v) is 2.96. The second-order valence-corrected chi connectivity index (χ2v) is 5.81. The summed E-state index contributed by atoms with van der Waals surface area (Å²) < 4.78 is 0.987. The topological polar surface area (TPSA) is 32.9 Å². The van der Waals surface area contributed by atoms with Crippen molar-refractivity contribution >= 4 is 32.6 Å². The van der Waals surface area contributed by atoms with Gasteiger partial charge in [0.1, 0.15) is 0 Å². The van der Waals surface area contributed by atoms with Crippen LogP contribution in [0.3, 0.4) is 0 Å². The van der Waals surface area contributed by atoms with Crippen LogP contribution in [0.2, 0.25) is 0 Å². The van der Waals surface area contributed by atoms with Gasteiger partial charge in [0.2, 0.25) is 0 Å². The summed E-state index contributed by atoms with van der Waals surface area (Å²) in [5.74, 6) is 0.245. The van der Waals surface area contributed by atoms with Crippen molar-refractivity contribution in [3.63, 3.8) is 0 Å². The van der Waals surface area contributed by atoms with Crippen LogP contribution in [0.15, 0.2) is 28.9 Å². The van der Waals surface area contributed by atoms with Crippen molar-refractivity contribution in [1.82, 2.24) is 4.98 Å². The van der Waals surface area contributed by atoms with Gasteiger partial charge in [-0.1, -0.05) is 54.6 Å². The SMILES string of the molecule is CCCCCCCC(=O)c1c[nH]c2cccc(Br)c12. The lowest BCUT2D eigenvalue weighted by molar-refractivity contribution is 0.0980. The maximum absolute atomic E-state index is 12.3. The predicted molar refractivity (Wildman–Crippen MR) is 83.7 cm³/mol. The molecule has 1 aromatic heterocycles. The lowest BCUT2D eigenvalue weighted by Crippen LogP contribution is -1.98. The zero-order valence-electron chi connectivity index (χ0n) is 11.3. The number of H-pyrrole nitrogens is 1. The van der Waals surface area contributed by atoms with Gasteiger partial charge in [-0.3, -0.25) is 4.79 Å². The number of Topliss-reactive ketones (excluding diaryl/α,β-unsaturated/α-hetero) is 1. The van der Waals surface area contributed by atoms with Gasteiger partial charge in [0, 0.05) is 33.6 Å². The van der Waals surface area contributed by atoms with Crippen LogP contribution < -0.4 is 0 Å². The molecule has 1 aromatic carbocycles. The lowest BCUT2D eigenvalue weighted by Gasteiger charge is -2.01. The minimum atomic E-state index is 0.245. The van der Waals surface area contributed by atoms with E-state index in [1.165, 1.54) is 19.3 Å². The Labute approximate surface area is 122 Å². The molecule has 1 heterocycles. The Balaban J connectivity index is 2.01. The van der Waals surface area contributed by atoms with E-state index in [0.29, 0.717) is 6.42 Å². The van der Waals surface area contributed by atoms with Crippen molar-refractivity contribution in [3.8, 4) is 0 Å². The molecule has 0 amide bonds. The van der Waals surface area contributed by atoms with E-state index in [2.05, 4.69) is 27.8 Å². The summed E-state index contributed by atoms with van der Waals surface area (Å²) >= 11 is 3.53. The number of ketones is 1. The predicted octanol–water partition coefficient (Wildman–Crippen LogP) is 5.47. The van der Waals surface area contributed by atoms with Gasteiger partial charge in [-0.05, 0) is 18.6 Å². The normalized spacial score (nSPS) is 11.1. The first-order valence-electron chi connectivity index (χ1n) is 7.03. The Morgan fingerprint density at radius 2 is 2.00 bits per heavy atom. The first-order chi connectivity index (χ1) is 9.24. The van der Waals surface area contributed by atoms with Crippen molar-refractivity contribution in [3.05, 3.63) is 34.4 Å². The van der Waals surface area contributed by atoms with Crippen LogP contribution >= 0.6 is 15.9 Å². The molecule has 0 aliphatic carbocycles. The third-order valence-electron chi connectivity index (χ3n) is 3.46. The smallest absolute Gasteiger partial charge is 0.165 e.